The molecule has 0 aromatic heterocycles. The molecule has 0 amide bonds. The fraction of sp³-hybridized carbons (Fsp3) is 0.333. The van der Waals surface area contributed by atoms with Crippen LogP contribution in [0.2, 0.25) is 0 Å². The lowest BCUT2D eigenvalue weighted by Gasteiger charge is -2.05. The number of benzene rings is 1. The van der Waals surface area contributed by atoms with E-state index in [0.29, 0.717) is 6.42 Å². The van der Waals surface area contributed by atoms with E-state index in [-0.39, 0.29) is 16.7 Å². The van der Waals surface area contributed by atoms with Crippen molar-refractivity contribution in [3.8, 4) is 0 Å². The van der Waals surface area contributed by atoms with Gasteiger partial charge in [-0.1, -0.05) is 13.0 Å². The molecule has 0 saturated heterocycles. The molecule has 0 aliphatic carbocycles. The SMILES string of the molecule is CCc1[c]ccc(SC(F)(F)F)c1. The average Bonchev–Trinajstić information content (AvgIpc) is 2.01. The highest BCUT2D eigenvalue weighted by Gasteiger charge is 2.29. The van der Waals surface area contributed by atoms with Crippen LogP contribution in [0.25, 0.3) is 0 Å². The largest absolute Gasteiger partial charge is 0.446 e. The molecule has 0 heterocycles. The Morgan fingerprint density at radius 3 is 2.69 bits per heavy atom. The molecule has 0 unspecified atom stereocenters. The van der Waals surface area contributed by atoms with E-state index in [4.69, 9.17) is 0 Å². The Kier molecular flexibility index (Phi) is 3.25. The summed E-state index contributed by atoms with van der Waals surface area (Å²) in [6, 6.07) is 7.31. The highest BCUT2D eigenvalue weighted by Crippen LogP contribution is 2.36. The van der Waals surface area contributed by atoms with E-state index >= 15 is 0 Å². The number of rotatable bonds is 2. The van der Waals surface area contributed by atoms with E-state index in [1.807, 2.05) is 6.92 Å². The van der Waals surface area contributed by atoms with Crippen molar-refractivity contribution in [1.82, 2.24) is 0 Å². The van der Waals surface area contributed by atoms with Crippen LogP contribution in [0.4, 0.5) is 13.2 Å². The first-order valence-corrected chi connectivity index (χ1v) is 4.59. The van der Waals surface area contributed by atoms with Gasteiger partial charge in [0.1, 0.15) is 0 Å². The summed E-state index contributed by atoms with van der Waals surface area (Å²) < 4.78 is 35.8. The van der Waals surface area contributed by atoms with Gasteiger partial charge in [-0.05, 0) is 41.9 Å². The Hall–Kier alpha value is -0.640. The van der Waals surface area contributed by atoms with Crippen molar-refractivity contribution in [2.45, 2.75) is 23.7 Å². The molecule has 0 atom stereocenters. The summed E-state index contributed by atoms with van der Waals surface area (Å²) in [6.07, 6.45) is 0.701. The standard InChI is InChI=1S/C9H8F3S/c1-2-7-4-3-5-8(6-7)13-9(10,11)12/h3,5-6H,2H2,1H3. The van der Waals surface area contributed by atoms with Gasteiger partial charge in [0.25, 0.3) is 0 Å². The highest BCUT2D eigenvalue weighted by atomic mass is 32.2. The number of aryl methyl sites for hydroxylation is 1. The molecule has 4 heteroatoms. The zero-order chi connectivity index (χ0) is 9.90. The zero-order valence-electron chi connectivity index (χ0n) is 6.98. The van der Waals surface area contributed by atoms with Crippen molar-refractivity contribution in [3.63, 3.8) is 0 Å². The number of hydrogen-bond donors (Lipinski definition) is 0. The minimum absolute atomic E-state index is 0.0897. The van der Waals surface area contributed by atoms with Crippen molar-refractivity contribution in [2.75, 3.05) is 0 Å². The van der Waals surface area contributed by atoms with Crippen LogP contribution >= 0.6 is 11.8 Å². The minimum Gasteiger partial charge on any atom is -0.160 e. The molecule has 71 valence electrons. The number of alkyl halides is 3. The monoisotopic (exact) mass is 205 g/mol. The van der Waals surface area contributed by atoms with Crippen LogP contribution in [0.5, 0.6) is 0 Å². The maximum atomic E-state index is 11.9. The maximum Gasteiger partial charge on any atom is 0.446 e. The third-order valence-corrected chi connectivity index (χ3v) is 2.17. The molecular weight excluding hydrogens is 197 g/mol. The van der Waals surface area contributed by atoms with Gasteiger partial charge in [-0.2, -0.15) is 13.2 Å². The summed E-state index contributed by atoms with van der Waals surface area (Å²) in [5.41, 5.74) is -3.40. The molecule has 0 spiro atoms. The van der Waals surface area contributed by atoms with Crippen molar-refractivity contribution in [3.05, 3.63) is 29.8 Å². The average molecular weight is 205 g/mol. The predicted octanol–water partition coefficient (Wildman–Crippen LogP) is 3.66. The van der Waals surface area contributed by atoms with Gasteiger partial charge in [-0.3, -0.25) is 0 Å². The third-order valence-electron chi connectivity index (χ3n) is 1.45. The lowest BCUT2D eigenvalue weighted by molar-refractivity contribution is -0.0328. The molecule has 0 nitrogen and oxygen atoms in total. The van der Waals surface area contributed by atoms with E-state index < -0.39 is 5.51 Å². The molecule has 0 N–H and O–H groups in total. The van der Waals surface area contributed by atoms with Gasteiger partial charge in [0, 0.05) is 4.90 Å². The summed E-state index contributed by atoms with van der Waals surface area (Å²) in [5, 5.41) is 0. The number of halogens is 3. The van der Waals surface area contributed by atoms with Crippen molar-refractivity contribution >= 4 is 11.8 Å². The Labute approximate surface area is 79.1 Å². The molecule has 0 aliphatic heterocycles. The van der Waals surface area contributed by atoms with Gasteiger partial charge in [0.2, 0.25) is 0 Å². The second-order valence-corrected chi connectivity index (χ2v) is 3.59. The summed E-state index contributed by atoms with van der Waals surface area (Å²) >= 11 is -0.0897. The zero-order valence-corrected chi connectivity index (χ0v) is 7.80. The maximum absolute atomic E-state index is 11.9. The molecule has 13 heavy (non-hydrogen) atoms. The van der Waals surface area contributed by atoms with Crippen LogP contribution in [0.1, 0.15) is 12.5 Å². The molecule has 1 rings (SSSR count). The molecular formula is C9H8F3S. The molecule has 1 aromatic carbocycles. The quantitative estimate of drug-likeness (QED) is 0.664. The minimum atomic E-state index is -4.20. The van der Waals surface area contributed by atoms with Crippen LogP contribution in [-0.2, 0) is 6.42 Å². The first-order valence-electron chi connectivity index (χ1n) is 3.77. The molecule has 1 radical (unpaired) electrons. The summed E-state index contributed by atoms with van der Waals surface area (Å²) in [5.74, 6) is 0. The van der Waals surface area contributed by atoms with E-state index in [9.17, 15) is 13.2 Å². The van der Waals surface area contributed by atoms with E-state index in [1.165, 1.54) is 18.2 Å². The fourth-order valence-electron chi connectivity index (χ4n) is 0.894. The van der Waals surface area contributed by atoms with Gasteiger partial charge in [-0.25, -0.2) is 0 Å². The van der Waals surface area contributed by atoms with Crippen molar-refractivity contribution in [2.24, 2.45) is 0 Å². The van der Waals surface area contributed by atoms with Crippen LogP contribution in [-0.4, -0.2) is 5.51 Å². The van der Waals surface area contributed by atoms with Gasteiger partial charge in [0.15, 0.2) is 0 Å². The third kappa shape index (κ3) is 3.72. The van der Waals surface area contributed by atoms with Crippen LogP contribution in [0, 0.1) is 6.07 Å². The second-order valence-electron chi connectivity index (χ2n) is 2.45. The topological polar surface area (TPSA) is 0 Å². The van der Waals surface area contributed by atoms with Gasteiger partial charge < -0.3 is 0 Å². The van der Waals surface area contributed by atoms with E-state index in [2.05, 4.69) is 6.07 Å². The first-order chi connectivity index (χ1) is 6.01. The van der Waals surface area contributed by atoms with Gasteiger partial charge in [0.05, 0.1) is 0 Å². The molecule has 0 bridgehead atoms. The summed E-state index contributed by atoms with van der Waals surface area (Å²) in [7, 11) is 0. The predicted molar refractivity (Wildman–Crippen MR) is 46.6 cm³/mol. The normalized spacial score (nSPS) is 11.7. The highest BCUT2D eigenvalue weighted by molar-refractivity contribution is 8.00. The molecule has 1 aromatic rings. The van der Waals surface area contributed by atoms with Gasteiger partial charge in [-0.15, -0.1) is 0 Å². The summed E-state index contributed by atoms with van der Waals surface area (Å²) in [6.45, 7) is 1.88. The lowest BCUT2D eigenvalue weighted by Crippen LogP contribution is -1.99. The Morgan fingerprint density at radius 2 is 2.15 bits per heavy atom. The van der Waals surface area contributed by atoms with Gasteiger partial charge >= 0.3 is 5.51 Å². The van der Waals surface area contributed by atoms with Crippen molar-refractivity contribution < 1.29 is 13.2 Å². The first kappa shape index (κ1) is 10.4. The molecule has 0 saturated carbocycles. The summed E-state index contributed by atoms with van der Waals surface area (Å²) in [4.78, 5) is 0.225. The van der Waals surface area contributed by atoms with E-state index in [1.54, 1.807) is 0 Å². The smallest absolute Gasteiger partial charge is 0.160 e. The Bertz CT molecular complexity index is 280. The molecule has 0 fully saturated rings. The van der Waals surface area contributed by atoms with Crippen LogP contribution < -0.4 is 0 Å². The second kappa shape index (κ2) is 4.05. The molecule has 0 aliphatic rings. The lowest BCUT2D eigenvalue weighted by atomic mass is 10.2. The number of thioether (sulfide) groups is 1. The Balaban J connectivity index is 2.78. The Morgan fingerprint density at radius 1 is 1.46 bits per heavy atom. The van der Waals surface area contributed by atoms with Crippen molar-refractivity contribution in [1.29, 1.82) is 0 Å². The fourth-order valence-corrected chi connectivity index (χ4v) is 1.50. The number of hydrogen-bond acceptors (Lipinski definition) is 1. The van der Waals surface area contributed by atoms with Crippen LogP contribution in [0.3, 0.4) is 0 Å². The van der Waals surface area contributed by atoms with Crippen LogP contribution in [0.15, 0.2) is 23.1 Å². The van der Waals surface area contributed by atoms with E-state index in [0.717, 1.165) is 5.56 Å².